The van der Waals surface area contributed by atoms with E-state index in [4.69, 9.17) is 9.88 Å². The Hall–Kier alpha value is -2.99. The number of fused-ring (bicyclic) bond motifs is 1. The van der Waals surface area contributed by atoms with Gasteiger partial charge in [-0.15, -0.1) is 11.3 Å². The lowest BCUT2D eigenvalue weighted by Crippen LogP contribution is -2.20. The van der Waals surface area contributed by atoms with E-state index in [1.54, 1.807) is 18.4 Å². The normalized spacial score (nSPS) is 14.6. The van der Waals surface area contributed by atoms with Gasteiger partial charge in [-0.25, -0.2) is 13.6 Å². The molecule has 11 heteroatoms. The third-order valence-electron chi connectivity index (χ3n) is 5.83. The van der Waals surface area contributed by atoms with E-state index in [9.17, 15) is 26.7 Å². The van der Waals surface area contributed by atoms with Crippen LogP contribution in [0, 0.1) is 0 Å². The number of hydrogen-bond acceptors (Lipinski definition) is 6. The average Bonchev–Trinajstić information content (AvgIpc) is 3.64. The summed E-state index contributed by atoms with van der Waals surface area (Å²) in [4.78, 5) is 5.36. The minimum Gasteiger partial charge on any atom is -0.496 e. The Bertz CT molecular complexity index is 1500. The molecule has 4 aromatic rings. The van der Waals surface area contributed by atoms with E-state index < -0.39 is 22.3 Å². The second-order valence-electron chi connectivity index (χ2n) is 8.63. The number of ether oxygens (including phenoxy) is 1. The number of aliphatic hydroxyl groups is 1. The summed E-state index contributed by atoms with van der Waals surface area (Å²) in [6.45, 7) is 0. The molecule has 37 heavy (non-hydrogen) atoms. The second kappa shape index (κ2) is 10.8. The number of aliphatic hydroxyl groups excluding tert-OH is 1. The Labute approximate surface area is 216 Å². The van der Waals surface area contributed by atoms with Gasteiger partial charge in [-0.05, 0) is 53.6 Å². The van der Waals surface area contributed by atoms with E-state index in [1.165, 1.54) is 18.3 Å². The van der Waals surface area contributed by atoms with Gasteiger partial charge in [0.05, 0.1) is 18.1 Å². The van der Waals surface area contributed by atoms with Gasteiger partial charge in [-0.1, -0.05) is 36.4 Å². The molecule has 1 fully saturated rings. The van der Waals surface area contributed by atoms with E-state index in [0.29, 0.717) is 12.1 Å². The number of hydrogen-bond donors (Lipinski definition) is 2. The smallest absolute Gasteiger partial charge is 0.418 e. The number of rotatable bonds is 6. The SMILES string of the molecule is COc1ccccc1Cc1cc2cccc(-c3cc([C@@H](O)C(F)(F)F)ccn3)c2s1.NS(=O)(=O)C1CC1. The largest absolute Gasteiger partial charge is 0.496 e. The summed E-state index contributed by atoms with van der Waals surface area (Å²) < 4.78 is 65.5. The predicted molar refractivity (Wildman–Crippen MR) is 138 cm³/mol. The number of para-hydroxylation sites is 1. The summed E-state index contributed by atoms with van der Waals surface area (Å²) >= 11 is 1.57. The Morgan fingerprint density at radius 3 is 2.49 bits per heavy atom. The van der Waals surface area contributed by atoms with Crippen LogP contribution in [0.15, 0.2) is 66.9 Å². The highest BCUT2D eigenvalue weighted by Crippen LogP contribution is 2.38. The molecule has 0 spiro atoms. The molecule has 1 atom stereocenters. The Morgan fingerprint density at radius 2 is 1.86 bits per heavy atom. The first-order valence-corrected chi connectivity index (χ1v) is 13.8. The molecule has 1 aliphatic carbocycles. The maximum atomic E-state index is 12.9. The van der Waals surface area contributed by atoms with Crippen molar-refractivity contribution in [2.45, 2.75) is 36.8 Å². The van der Waals surface area contributed by atoms with Crippen LogP contribution in [0.2, 0.25) is 0 Å². The molecule has 2 heterocycles. The maximum Gasteiger partial charge on any atom is 0.418 e. The van der Waals surface area contributed by atoms with Gasteiger partial charge in [0.2, 0.25) is 10.0 Å². The number of nitrogens with two attached hydrogens (primary N) is 1. The van der Waals surface area contributed by atoms with Crippen molar-refractivity contribution in [3.05, 3.63) is 82.9 Å². The minimum absolute atomic E-state index is 0.201. The number of sulfonamides is 1. The van der Waals surface area contributed by atoms with Crippen LogP contribution in [0.25, 0.3) is 21.3 Å². The summed E-state index contributed by atoms with van der Waals surface area (Å²) in [6.07, 6.45) is -3.76. The number of halogens is 3. The van der Waals surface area contributed by atoms with Crippen molar-refractivity contribution in [2.75, 3.05) is 7.11 Å². The molecule has 2 aromatic heterocycles. The molecule has 5 rings (SSSR count). The monoisotopic (exact) mass is 550 g/mol. The molecule has 6 nitrogen and oxygen atoms in total. The van der Waals surface area contributed by atoms with Crippen molar-refractivity contribution < 1.29 is 31.4 Å². The molecule has 0 radical (unpaired) electrons. The van der Waals surface area contributed by atoms with Crippen LogP contribution >= 0.6 is 11.3 Å². The molecule has 0 unspecified atom stereocenters. The molecule has 1 aliphatic rings. The predicted octanol–water partition coefficient (Wildman–Crippen LogP) is 5.60. The molecule has 0 amide bonds. The van der Waals surface area contributed by atoms with Gasteiger partial charge in [-0.2, -0.15) is 13.2 Å². The van der Waals surface area contributed by atoms with Gasteiger partial charge >= 0.3 is 6.18 Å². The van der Waals surface area contributed by atoms with Crippen molar-refractivity contribution in [2.24, 2.45) is 5.14 Å². The molecular weight excluding hydrogens is 525 g/mol. The maximum absolute atomic E-state index is 12.9. The number of nitrogens with zero attached hydrogens (tertiary/aromatic N) is 1. The van der Waals surface area contributed by atoms with E-state index in [0.717, 1.165) is 44.7 Å². The fourth-order valence-electron chi connectivity index (χ4n) is 3.79. The standard InChI is InChI=1S/C23H18F3NO2S.C3H7NO2S/c1-29-20-8-3-2-5-14(20)11-17-12-15-6-4-7-18(21(15)30-17)19-13-16(9-10-27-19)22(28)23(24,25)26;4-7(5,6)3-1-2-3/h2-10,12-13,22,28H,11H2,1H3;3H,1-2H2,(H2,4,5,6)/t22-;/m1./s1. The lowest BCUT2D eigenvalue weighted by molar-refractivity contribution is -0.206. The third kappa shape index (κ3) is 6.67. The van der Waals surface area contributed by atoms with Crippen LogP contribution in [0.5, 0.6) is 5.75 Å². The fourth-order valence-corrected chi connectivity index (χ4v) is 5.79. The zero-order valence-corrected chi connectivity index (χ0v) is 21.4. The van der Waals surface area contributed by atoms with E-state index >= 15 is 0 Å². The molecule has 0 bridgehead atoms. The van der Waals surface area contributed by atoms with Crippen LogP contribution in [0.3, 0.4) is 0 Å². The minimum atomic E-state index is -4.73. The first-order chi connectivity index (χ1) is 17.5. The zero-order chi connectivity index (χ0) is 26.8. The number of methoxy groups -OCH3 is 1. The Kier molecular flexibility index (Phi) is 7.88. The van der Waals surface area contributed by atoms with Crippen LogP contribution < -0.4 is 9.88 Å². The van der Waals surface area contributed by atoms with E-state index in [-0.39, 0.29) is 10.8 Å². The molecule has 3 N–H and O–H groups in total. The van der Waals surface area contributed by atoms with Gasteiger partial charge in [0, 0.05) is 27.8 Å². The highest BCUT2D eigenvalue weighted by Gasteiger charge is 2.39. The first-order valence-electron chi connectivity index (χ1n) is 11.3. The van der Waals surface area contributed by atoms with Crippen molar-refractivity contribution in [1.82, 2.24) is 4.98 Å². The van der Waals surface area contributed by atoms with Gasteiger partial charge in [-0.3, -0.25) is 4.98 Å². The molecule has 0 aliphatic heterocycles. The summed E-state index contributed by atoms with van der Waals surface area (Å²) in [6, 6.07) is 18.0. The van der Waals surface area contributed by atoms with Gasteiger partial charge in [0.15, 0.2) is 6.10 Å². The van der Waals surface area contributed by atoms with Crippen molar-refractivity contribution >= 4 is 31.4 Å². The quantitative estimate of drug-likeness (QED) is 0.326. The Morgan fingerprint density at radius 1 is 1.14 bits per heavy atom. The lowest BCUT2D eigenvalue weighted by atomic mass is 10.0. The number of primary sulfonamides is 1. The first kappa shape index (κ1) is 27.1. The lowest BCUT2D eigenvalue weighted by Gasteiger charge is -2.15. The summed E-state index contributed by atoms with van der Waals surface area (Å²) in [5.74, 6) is 0.811. The van der Waals surface area contributed by atoms with Crippen LogP contribution in [-0.2, 0) is 16.4 Å². The molecule has 1 saturated carbocycles. The van der Waals surface area contributed by atoms with Crippen molar-refractivity contribution in [3.8, 4) is 17.0 Å². The highest BCUT2D eigenvalue weighted by atomic mass is 32.2. The number of benzene rings is 2. The summed E-state index contributed by atoms with van der Waals surface area (Å²) in [5.41, 5.74) is 1.96. The van der Waals surface area contributed by atoms with Crippen LogP contribution in [0.1, 0.15) is 34.9 Å². The van der Waals surface area contributed by atoms with Gasteiger partial charge < -0.3 is 9.84 Å². The van der Waals surface area contributed by atoms with E-state index in [1.807, 2.05) is 42.5 Å². The topological polar surface area (TPSA) is 103 Å². The number of alkyl halides is 3. The van der Waals surface area contributed by atoms with Gasteiger partial charge in [0.1, 0.15) is 5.75 Å². The van der Waals surface area contributed by atoms with E-state index in [2.05, 4.69) is 11.1 Å². The Balaban J connectivity index is 0.000000396. The number of pyridine rings is 1. The highest BCUT2D eigenvalue weighted by molar-refractivity contribution is 7.90. The average molecular weight is 551 g/mol. The zero-order valence-electron chi connectivity index (χ0n) is 19.8. The van der Waals surface area contributed by atoms with Crippen LogP contribution in [0.4, 0.5) is 13.2 Å². The molecular formula is C26H25F3N2O4S2. The number of aromatic nitrogens is 1. The molecule has 0 saturated heterocycles. The number of thiophene rings is 1. The molecule has 196 valence electrons. The van der Waals surface area contributed by atoms with Gasteiger partial charge in [0.25, 0.3) is 0 Å². The third-order valence-corrected chi connectivity index (χ3v) is 8.41. The summed E-state index contributed by atoms with van der Waals surface area (Å²) in [7, 11) is -1.49. The fraction of sp³-hybridized carbons (Fsp3) is 0.269. The molecule has 2 aromatic carbocycles. The van der Waals surface area contributed by atoms with Crippen molar-refractivity contribution in [1.29, 1.82) is 0 Å². The van der Waals surface area contributed by atoms with Crippen LogP contribution in [-0.4, -0.2) is 37.0 Å². The van der Waals surface area contributed by atoms with Crippen molar-refractivity contribution in [3.63, 3.8) is 0 Å². The summed E-state index contributed by atoms with van der Waals surface area (Å²) in [5, 5.41) is 15.1. The second-order valence-corrected chi connectivity index (χ2v) is 11.6.